The van der Waals surface area contributed by atoms with Gasteiger partial charge in [-0.05, 0) is 6.26 Å². The summed E-state index contributed by atoms with van der Waals surface area (Å²) in [7, 11) is 0. The number of thioether (sulfide) groups is 2. The molecule has 0 aliphatic carbocycles. The summed E-state index contributed by atoms with van der Waals surface area (Å²) in [5.41, 5.74) is 0. The molecule has 0 amide bonds. The fourth-order valence-corrected chi connectivity index (χ4v) is 1.70. The average Bonchev–Trinajstić information content (AvgIpc) is 2.03. The molecule has 0 fully saturated rings. The highest BCUT2D eigenvalue weighted by molar-refractivity contribution is 8.15. The summed E-state index contributed by atoms with van der Waals surface area (Å²) in [5, 5.41) is 2.04. The molecule has 2 nitrogen and oxygen atoms in total. The first kappa shape index (κ1) is 7.88. The van der Waals surface area contributed by atoms with Gasteiger partial charge in [0.1, 0.15) is 5.03 Å². The van der Waals surface area contributed by atoms with E-state index >= 15 is 0 Å². The molecule has 1 aromatic heterocycles. The van der Waals surface area contributed by atoms with Crippen LogP contribution in [-0.4, -0.2) is 21.3 Å². The zero-order valence-electron chi connectivity index (χ0n) is 5.65. The Bertz CT molecular complexity index is 178. The Labute approximate surface area is 68.8 Å². The van der Waals surface area contributed by atoms with Crippen LogP contribution in [0.5, 0.6) is 0 Å². The van der Waals surface area contributed by atoms with Gasteiger partial charge in [-0.2, -0.15) is 11.8 Å². The van der Waals surface area contributed by atoms with Gasteiger partial charge < -0.3 is 0 Å². The van der Waals surface area contributed by atoms with Gasteiger partial charge in [-0.15, -0.1) is 0 Å². The Morgan fingerprint density at radius 2 is 2.40 bits per heavy atom. The van der Waals surface area contributed by atoms with Gasteiger partial charge >= 0.3 is 0 Å². The van der Waals surface area contributed by atoms with Gasteiger partial charge in [-0.25, -0.2) is 4.98 Å². The summed E-state index contributed by atoms with van der Waals surface area (Å²) in [6.07, 6.45) is 7.25. The van der Waals surface area contributed by atoms with Crippen molar-refractivity contribution in [2.75, 3.05) is 11.3 Å². The fourth-order valence-electron chi connectivity index (χ4n) is 0.479. The molecule has 0 radical (unpaired) electrons. The van der Waals surface area contributed by atoms with E-state index in [1.165, 1.54) is 0 Å². The number of rotatable bonds is 3. The molecule has 0 atom stereocenters. The van der Waals surface area contributed by atoms with Crippen molar-refractivity contribution in [3.8, 4) is 0 Å². The summed E-state index contributed by atoms with van der Waals surface area (Å²) in [4.78, 5) is 8.05. The summed E-state index contributed by atoms with van der Waals surface area (Å²) >= 11 is 3.50. The standard InChI is InChI=1S/C6H8N2S2/c1-9-5-10-6-4-7-2-3-8-6/h2-4H,5H2,1H3. The van der Waals surface area contributed by atoms with Crippen LogP contribution in [0.4, 0.5) is 0 Å². The highest BCUT2D eigenvalue weighted by Crippen LogP contribution is 2.16. The van der Waals surface area contributed by atoms with Crippen molar-refractivity contribution in [3.05, 3.63) is 18.6 Å². The lowest BCUT2D eigenvalue weighted by molar-refractivity contribution is 1.06. The molecule has 0 aliphatic heterocycles. The summed E-state index contributed by atoms with van der Waals surface area (Å²) in [6.45, 7) is 0. The molecule has 0 saturated carbocycles. The molecule has 1 heterocycles. The number of hydrogen-bond donors (Lipinski definition) is 0. The molecule has 54 valence electrons. The van der Waals surface area contributed by atoms with Crippen molar-refractivity contribution in [2.24, 2.45) is 0 Å². The maximum atomic E-state index is 4.10. The minimum Gasteiger partial charge on any atom is -0.260 e. The zero-order valence-corrected chi connectivity index (χ0v) is 7.28. The average molecular weight is 172 g/mol. The molecule has 0 aromatic carbocycles. The van der Waals surface area contributed by atoms with E-state index in [9.17, 15) is 0 Å². The van der Waals surface area contributed by atoms with E-state index in [4.69, 9.17) is 0 Å². The number of nitrogens with zero attached hydrogens (tertiary/aromatic N) is 2. The zero-order chi connectivity index (χ0) is 7.23. The Morgan fingerprint density at radius 1 is 1.50 bits per heavy atom. The maximum absolute atomic E-state index is 4.10. The van der Waals surface area contributed by atoms with Crippen molar-refractivity contribution < 1.29 is 0 Å². The van der Waals surface area contributed by atoms with E-state index < -0.39 is 0 Å². The summed E-state index contributed by atoms with van der Waals surface area (Å²) in [5.74, 6) is 0. The van der Waals surface area contributed by atoms with E-state index in [-0.39, 0.29) is 0 Å². The van der Waals surface area contributed by atoms with Gasteiger partial charge in [-0.3, -0.25) is 4.98 Å². The first-order valence-corrected chi connectivity index (χ1v) is 5.19. The SMILES string of the molecule is CSCSc1cnccn1. The van der Waals surface area contributed by atoms with Crippen LogP contribution in [-0.2, 0) is 0 Å². The number of hydrogen-bond acceptors (Lipinski definition) is 4. The van der Waals surface area contributed by atoms with E-state index in [1.54, 1.807) is 42.1 Å². The molecule has 1 rings (SSSR count). The molecule has 0 aliphatic rings. The predicted octanol–water partition coefficient (Wildman–Crippen LogP) is 1.89. The highest BCUT2D eigenvalue weighted by atomic mass is 32.2. The van der Waals surface area contributed by atoms with Gasteiger partial charge in [0.15, 0.2) is 0 Å². The molecule has 0 unspecified atom stereocenters. The quantitative estimate of drug-likeness (QED) is 0.513. The lowest BCUT2D eigenvalue weighted by atomic mass is 10.8. The Morgan fingerprint density at radius 3 is 3.00 bits per heavy atom. The summed E-state index contributed by atoms with van der Waals surface area (Å²) < 4.78 is 0. The van der Waals surface area contributed by atoms with Crippen molar-refractivity contribution in [1.29, 1.82) is 0 Å². The lowest BCUT2D eigenvalue weighted by Crippen LogP contribution is -1.79. The van der Waals surface area contributed by atoms with Crippen LogP contribution in [0.1, 0.15) is 0 Å². The second-order valence-electron chi connectivity index (χ2n) is 1.59. The predicted molar refractivity (Wildman–Crippen MR) is 46.3 cm³/mol. The number of aromatic nitrogens is 2. The van der Waals surface area contributed by atoms with Crippen LogP contribution < -0.4 is 0 Å². The van der Waals surface area contributed by atoms with Crippen LogP contribution >= 0.6 is 23.5 Å². The topological polar surface area (TPSA) is 25.8 Å². The second kappa shape index (κ2) is 4.57. The van der Waals surface area contributed by atoms with Crippen molar-refractivity contribution in [1.82, 2.24) is 9.97 Å². The molecule has 0 bridgehead atoms. The Hall–Kier alpha value is -0.220. The summed E-state index contributed by atoms with van der Waals surface area (Å²) in [6, 6.07) is 0. The smallest absolute Gasteiger partial charge is 0.115 e. The van der Waals surface area contributed by atoms with Gasteiger partial charge in [0.25, 0.3) is 0 Å². The molecular formula is C6H8N2S2. The van der Waals surface area contributed by atoms with E-state index in [2.05, 4.69) is 16.2 Å². The third-order valence-electron chi connectivity index (χ3n) is 0.864. The molecule has 10 heavy (non-hydrogen) atoms. The van der Waals surface area contributed by atoms with E-state index in [0.717, 1.165) is 10.1 Å². The maximum Gasteiger partial charge on any atom is 0.115 e. The van der Waals surface area contributed by atoms with Crippen LogP contribution in [0.25, 0.3) is 0 Å². The normalized spacial score (nSPS) is 9.70. The molecule has 0 saturated heterocycles. The lowest BCUT2D eigenvalue weighted by Gasteiger charge is -1.94. The molecular weight excluding hydrogens is 164 g/mol. The molecule has 0 N–H and O–H groups in total. The third kappa shape index (κ3) is 2.58. The van der Waals surface area contributed by atoms with Gasteiger partial charge in [0, 0.05) is 17.5 Å². The van der Waals surface area contributed by atoms with Gasteiger partial charge in [0.2, 0.25) is 0 Å². The van der Waals surface area contributed by atoms with Crippen molar-refractivity contribution >= 4 is 23.5 Å². The highest BCUT2D eigenvalue weighted by Gasteiger charge is 1.90. The Kier molecular flexibility index (Phi) is 3.60. The molecule has 4 heteroatoms. The molecule has 0 spiro atoms. The van der Waals surface area contributed by atoms with Crippen LogP contribution in [0, 0.1) is 0 Å². The van der Waals surface area contributed by atoms with Crippen LogP contribution in [0.3, 0.4) is 0 Å². The van der Waals surface area contributed by atoms with Gasteiger partial charge in [-0.1, -0.05) is 11.8 Å². The third-order valence-corrected chi connectivity index (χ3v) is 2.78. The Balaban J connectivity index is 2.43. The van der Waals surface area contributed by atoms with E-state index in [1.807, 2.05) is 0 Å². The molecule has 1 aromatic rings. The van der Waals surface area contributed by atoms with Crippen molar-refractivity contribution in [3.63, 3.8) is 0 Å². The van der Waals surface area contributed by atoms with Crippen LogP contribution in [0.2, 0.25) is 0 Å². The second-order valence-corrected chi connectivity index (χ2v) is 3.82. The van der Waals surface area contributed by atoms with Crippen LogP contribution in [0.15, 0.2) is 23.6 Å². The monoisotopic (exact) mass is 172 g/mol. The minimum atomic E-state index is 0.997. The first-order valence-electron chi connectivity index (χ1n) is 2.81. The van der Waals surface area contributed by atoms with Crippen molar-refractivity contribution in [2.45, 2.75) is 5.03 Å². The van der Waals surface area contributed by atoms with E-state index in [0.29, 0.717) is 0 Å². The minimum absolute atomic E-state index is 0.997. The van der Waals surface area contributed by atoms with Gasteiger partial charge in [0.05, 0.1) is 6.20 Å². The largest absolute Gasteiger partial charge is 0.260 e. The fraction of sp³-hybridized carbons (Fsp3) is 0.333. The first-order chi connectivity index (χ1) is 4.93.